The van der Waals surface area contributed by atoms with Gasteiger partial charge >= 0.3 is 0 Å². The number of nitrogens with zero attached hydrogens (tertiary/aromatic N) is 2. The summed E-state index contributed by atoms with van der Waals surface area (Å²) in [6.07, 6.45) is 2.09. The third-order valence-corrected chi connectivity index (χ3v) is 7.94. The van der Waals surface area contributed by atoms with E-state index < -0.39 is 5.60 Å². The summed E-state index contributed by atoms with van der Waals surface area (Å²) in [6, 6.07) is 8.35. The molecule has 0 N–H and O–H groups in total. The molecular formula is C28H30N2O5. The van der Waals surface area contributed by atoms with E-state index in [4.69, 9.17) is 4.74 Å². The quantitative estimate of drug-likeness (QED) is 0.618. The minimum Gasteiger partial charge on any atom is -0.486 e. The van der Waals surface area contributed by atoms with Gasteiger partial charge < -0.3 is 9.64 Å². The number of Topliss-reactive ketones (excluding diaryl/α,β-unsaturated/α-hetero) is 1. The van der Waals surface area contributed by atoms with Crippen molar-refractivity contribution in [3.05, 3.63) is 63.7 Å². The first-order valence-corrected chi connectivity index (χ1v) is 12.3. The molecule has 182 valence electrons. The number of amides is 3. The molecule has 1 saturated heterocycles. The molecule has 1 atom stereocenters. The molecule has 7 nitrogen and oxygen atoms in total. The average Bonchev–Trinajstić information content (AvgIpc) is 3.10. The van der Waals surface area contributed by atoms with Crippen molar-refractivity contribution in [2.45, 2.75) is 65.0 Å². The van der Waals surface area contributed by atoms with Gasteiger partial charge in [0.2, 0.25) is 0 Å². The number of hydrogen-bond donors (Lipinski definition) is 0. The van der Waals surface area contributed by atoms with Gasteiger partial charge in [-0.15, -0.1) is 0 Å². The molecule has 7 heteroatoms. The van der Waals surface area contributed by atoms with Crippen molar-refractivity contribution in [3.8, 4) is 5.75 Å². The molecule has 1 spiro atoms. The highest BCUT2D eigenvalue weighted by Crippen LogP contribution is 2.42. The lowest BCUT2D eigenvalue weighted by Gasteiger charge is -2.44. The van der Waals surface area contributed by atoms with Gasteiger partial charge in [-0.3, -0.25) is 24.1 Å². The number of rotatable bonds is 3. The highest BCUT2D eigenvalue weighted by atomic mass is 16.5. The van der Waals surface area contributed by atoms with Gasteiger partial charge in [-0.2, -0.15) is 0 Å². The molecule has 1 fully saturated rings. The normalized spacial score (nSPS) is 19.5. The van der Waals surface area contributed by atoms with Crippen LogP contribution in [0.25, 0.3) is 0 Å². The van der Waals surface area contributed by atoms with Crippen LogP contribution in [0.5, 0.6) is 5.75 Å². The number of likely N-dealkylation sites (tertiary alicyclic amines) is 1. The Hall–Kier alpha value is -3.48. The fourth-order valence-corrected chi connectivity index (χ4v) is 5.34. The van der Waals surface area contributed by atoms with Crippen LogP contribution < -0.4 is 4.74 Å². The summed E-state index contributed by atoms with van der Waals surface area (Å²) in [5.41, 5.74) is 3.14. The molecule has 3 amide bonds. The molecule has 3 heterocycles. The van der Waals surface area contributed by atoms with Crippen LogP contribution in [-0.2, 0) is 0 Å². The Kier molecular flexibility index (Phi) is 5.54. The second kappa shape index (κ2) is 8.33. The summed E-state index contributed by atoms with van der Waals surface area (Å²) in [7, 11) is 0. The van der Waals surface area contributed by atoms with E-state index in [-0.39, 0.29) is 29.5 Å². The standard InChI is InChI=1S/C28H30N2O5/c1-5-17(3)30-26(33)20-9-7-19(14-22(20)27(30)34)25(32)29-12-10-28(11-13-29)15-23(31)21-8-6-16(2)18(4)24(21)35-28/h6-9,14,17H,5,10-13,15H2,1-4H3. The van der Waals surface area contributed by atoms with Gasteiger partial charge in [-0.1, -0.05) is 13.0 Å². The highest BCUT2D eigenvalue weighted by Gasteiger charge is 2.45. The predicted molar refractivity (Wildman–Crippen MR) is 130 cm³/mol. The van der Waals surface area contributed by atoms with Crippen molar-refractivity contribution < 1.29 is 23.9 Å². The zero-order valence-corrected chi connectivity index (χ0v) is 20.6. The van der Waals surface area contributed by atoms with Gasteiger partial charge in [-0.25, -0.2) is 0 Å². The Morgan fingerprint density at radius 1 is 1.00 bits per heavy atom. The topological polar surface area (TPSA) is 84.0 Å². The number of hydrogen-bond acceptors (Lipinski definition) is 5. The van der Waals surface area contributed by atoms with Crippen molar-refractivity contribution in [2.75, 3.05) is 13.1 Å². The summed E-state index contributed by atoms with van der Waals surface area (Å²) in [5, 5.41) is 0. The van der Waals surface area contributed by atoms with Gasteiger partial charge in [0.15, 0.2) is 5.78 Å². The lowest BCUT2D eigenvalue weighted by molar-refractivity contribution is -0.00622. The fourth-order valence-electron chi connectivity index (χ4n) is 5.34. The minimum absolute atomic E-state index is 0.0850. The molecule has 5 rings (SSSR count). The summed E-state index contributed by atoms with van der Waals surface area (Å²) >= 11 is 0. The summed E-state index contributed by atoms with van der Waals surface area (Å²) in [5.74, 6) is -0.0665. The van der Waals surface area contributed by atoms with Gasteiger partial charge in [0.1, 0.15) is 11.4 Å². The lowest BCUT2D eigenvalue weighted by atomic mass is 9.81. The second-order valence-corrected chi connectivity index (χ2v) is 10.1. The van der Waals surface area contributed by atoms with E-state index in [0.29, 0.717) is 66.8 Å². The highest BCUT2D eigenvalue weighted by molar-refractivity contribution is 6.22. The zero-order chi connectivity index (χ0) is 25.1. The first-order valence-electron chi connectivity index (χ1n) is 12.3. The van der Waals surface area contributed by atoms with E-state index in [0.717, 1.165) is 11.1 Å². The van der Waals surface area contributed by atoms with E-state index in [1.807, 2.05) is 39.8 Å². The van der Waals surface area contributed by atoms with Crippen LogP contribution in [0.3, 0.4) is 0 Å². The maximum Gasteiger partial charge on any atom is 0.261 e. The Morgan fingerprint density at radius 2 is 1.66 bits per heavy atom. The molecule has 35 heavy (non-hydrogen) atoms. The maximum atomic E-state index is 13.3. The number of aryl methyl sites for hydroxylation is 1. The molecule has 0 aromatic heterocycles. The van der Waals surface area contributed by atoms with Crippen LogP contribution in [-0.4, -0.2) is 58.0 Å². The molecule has 0 aliphatic carbocycles. The van der Waals surface area contributed by atoms with E-state index >= 15 is 0 Å². The predicted octanol–water partition coefficient (Wildman–Crippen LogP) is 4.34. The van der Waals surface area contributed by atoms with Crippen LogP contribution in [0.15, 0.2) is 30.3 Å². The van der Waals surface area contributed by atoms with Gasteiger partial charge in [-0.05, 0) is 62.6 Å². The van der Waals surface area contributed by atoms with Crippen molar-refractivity contribution in [1.82, 2.24) is 9.80 Å². The average molecular weight is 475 g/mol. The maximum absolute atomic E-state index is 13.3. The fraction of sp³-hybridized carbons (Fsp3) is 0.429. The number of benzene rings is 2. The Morgan fingerprint density at radius 3 is 2.34 bits per heavy atom. The van der Waals surface area contributed by atoms with Crippen LogP contribution in [0.4, 0.5) is 0 Å². The molecule has 0 bridgehead atoms. The molecule has 2 aromatic rings. The molecule has 2 aromatic carbocycles. The van der Waals surface area contributed by atoms with E-state index in [1.165, 1.54) is 4.90 Å². The van der Waals surface area contributed by atoms with E-state index in [1.54, 1.807) is 23.1 Å². The number of carbonyl (C=O) groups is 4. The number of carbonyl (C=O) groups excluding carboxylic acids is 4. The van der Waals surface area contributed by atoms with Crippen LogP contribution in [0.1, 0.15) is 92.1 Å². The number of piperidine rings is 1. The lowest BCUT2D eigenvalue weighted by Crippen LogP contribution is -2.52. The Bertz CT molecular complexity index is 1270. The van der Waals surface area contributed by atoms with Crippen molar-refractivity contribution in [3.63, 3.8) is 0 Å². The molecular weight excluding hydrogens is 444 g/mol. The molecule has 1 unspecified atom stereocenters. The van der Waals surface area contributed by atoms with Crippen LogP contribution in [0.2, 0.25) is 0 Å². The second-order valence-electron chi connectivity index (χ2n) is 10.1. The van der Waals surface area contributed by atoms with Crippen molar-refractivity contribution in [1.29, 1.82) is 0 Å². The zero-order valence-electron chi connectivity index (χ0n) is 20.6. The number of ketones is 1. The smallest absolute Gasteiger partial charge is 0.261 e. The molecule has 0 saturated carbocycles. The third-order valence-electron chi connectivity index (χ3n) is 7.94. The summed E-state index contributed by atoms with van der Waals surface area (Å²) in [6.45, 7) is 8.66. The SMILES string of the molecule is CCC(C)N1C(=O)c2ccc(C(=O)N3CCC4(CC3)CC(=O)c3ccc(C)c(C)c3O4)cc2C1=O. The molecule has 3 aliphatic heterocycles. The van der Waals surface area contributed by atoms with Gasteiger partial charge in [0, 0.05) is 37.5 Å². The number of ether oxygens (including phenoxy) is 1. The first kappa shape index (κ1) is 23.3. The summed E-state index contributed by atoms with van der Waals surface area (Å²) in [4.78, 5) is 54.8. The van der Waals surface area contributed by atoms with E-state index in [9.17, 15) is 19.2 Å². The Balaban J connectivity index is 1.33. The monoisotopic (exact) mass is 474 g/mol. The Labute approximate surface area is 205 Å². The largest absolute Gasteiger partial charge is 0.486 e. The van der Waals surface area contributed by atoms with Gasteiger partial charge in [0.05, 0.1) is 23.1 Å². The van der Waals surface area contributed by atoms with E-state index in [2.05, 4.69) is 0 Å². The van der Waals surface area contributed by atoms with Crippen molar-refractivity contribution >= 4 is 23.5 Å². The minimum atomic E-state index is -0.601. The summed E-state index contributed by atoms with van der Waals surface area (Å²) < 4.78 is 6.46. The number of fused-ring (bicyclic) bond motifs is 2. The molecule has 0 radical (unpaired) electrons. The first-order chi connectivity index (χ1) is 16.7. The van der Waals surface area contributed by atoms with Gasteiger partial charge in [0.25, 0.3) is 17.7 Å². The third kappa shape index (κ3) is 3.65. The number of imide groups is 1. The van der Waals surface area contributed by atoms with Crippen LogP contribution in [0, 0.1) is 13.8 Å². The van der Waals surface area contributed by atoms with Crippen molar-refractivity contribution in [2.24, 2.45) is 0 Å². The van der Waals surface area contributed by atoms with Crippen LogP contribution >= 0.6 is 0 Å². The molecule has 3 aliphatic rings.